The zero-order valence-electron chi connectivity index (χ0n) is 22.2. The minimum absolute atomic E-state index is 0.575. The lowest BCUT2D eigenvalue weighted by atomic mass is 10.1. The van der Waals surface area contributed by atoms with Gasteiger partial charge in [-0.25, -0.2) is 4.98 Å². The predicted octanol–water partition coefficient (Wildman–Crippen LogP) is 8.84. The number of nitrogens with zero attached hydrogens (tertiary/aromatic N) is 3. The Bertz CT molecular complexity index is 1260. The molecule has 0 radical (unpaired) electrons. The molecule has 0 unspecified atom stereocenters. The zero-order valence-corrected chi connectivity index (χ0v) is 22.2. The van der Waals surface area contributed by atoms with E-state index in [1.165, 1.54) is 12.1 Å². The van der Waals surface area contributed by atoms with Gasteiger partial charge in [0.05, 0.1) is 17.0 Å². The van der Waals surface area contributed by atoms with Gasteiger partial charge in [0, 0.05) is 30.8 Å². The van der Waals surface area contributed by atoms with Gasteiger partial charge in [-0.3, -0.25) is 4.90 Å². The minimum atomic E-state index is -4.33. The van der Waals surface area contributed by atoms with Crippen molar-refractivity contribution in [2.45, 2.75) is 65.3 Å². The second kappa shape index (κ2) is 12.9. The highest BCUT2D eigenvalue weighted by molar-refractivity contribution is 5.68. The third-order valence-electron chi connectivity index (χ3n) is 6.78. The number of imidazole rings is 1. The van der Waals surface area contributed by atoms with E-state index in [9.17, 15) is 13.2 Å². The molecule has 6 heteroatoms. The summed E-state index contributed by atoms with van der Waals surface area (Å²) in [6.45, 7) is 7.30. The summed E-state index contributed by atoms with van der Waals surface area (Å²) in [7, 11) is 0. The van der Waals surface area contributed by atoms with Crippen LogP contribution in [0.1, 0.15) is 56.4 Å². The van der Waals surface area contributed by atoms with Gasteiger partial charge in [-0.2, -0.15) is 13.2 Å². The number of hydrogen-bond donors (Lipinski definition) is 0. The molecule has 0 spiro atoms. The summed E-state index contributed by atoms with van der Waals surface area (Å²) in [6, 6.07) is 26.1. The molecular weight excluding hydrogens is 483 g/mol. The molecule has 0 bridgehead atoms. The Kier molecular flexibility index (Phi) is 9.40. The van der Waals surface area contributed by atoms with Gasteiger partial charge in [0.1, 0.15) is 5.82 Å². The van der Waals surface area contributed by atoms with Gasteiger partial charge in [0.15, 0.2) is 0 Å². The van der Waals surface area contributed by atoms with E-state index in [-0.39, 0.29) is 0 Å². The highest BCUT2D eigenvalue weighted by atomic mass is 19.4. The first-order valence-corrected chi connectivity index (χ1v) is 13.5. The number of unbranched alkanes of at least 4 members (excludes halogenated alkanes) is 2. The molecule has 4 aromatic rings. The Hall–Kier alpha value is -3.38. The number of halogens is 3. The van der Waals surface area contributed by atoms with Crippen LogP contribution in [0.2, 0.25) is 0 Å². The molecular formula is C32H36F3N3. The maximum Gasteiger partial charge on any atom is 0.416 e. The lowest BCUT2D eigenvalue weighted by Gasteiger charge is -2.24. The summed E-state index contributed by atoms with van der Waals surface area (Å²) in [5.74, 6) is 0.956. The maximum atomic E-state index is 13.1. The van der Waals surface area contributed by atoms with Crippen molar-refractivity contribution in [3.05, 3.63) is 102 Å². The minimum Gasteiger partial charge on any atom is -0.326 e. The van der Waals surface area contributed by atoms with Gasteiger partial charge in [-0.05, 0) is 37.1 Å². The van der Waals surface area contributed by atoms with Crippen LogP contribution in [0.25, 0.3) is 22.6 Å². The fraction of sp³-hybridized carbons (Fsp3) is 0.344. The van der Waals surface area contributed by atoms with Gasteiger partial charge in [-0.1, -0.05) is 99.5 Å². The number of alkyl halides is 3. The lowest BCUT2D eigenvalue weighted by molar-refractivity contribution is -0.137. The predicted molar refractivity (Wildman–Crippen MR) is 148 cm³/mol. The van der Waals surface area contributed by atoms with E-state index in [1.54, 1.807) is 12.1 Å². The van der Waals surface area contributed by atoms with Crippen molar-refractivity contribution in [3.63, 3.8) is 0 Å². The molecule has 4 rings (SSSR count). The molecule has 0 amide bonds. The fourth-order valence-electron chi connectivity index (χ4n) is 4.70. The van der Waals surface area contributed by atoms with Crippen LogP contribution in [0.3, 0.4) is 0 Å². The number of hydrogen-bond acceptors (Lipinski definition) is 2. The van der Waals surface area contributed by atoms with Crippen molar-refractivity contribution in [3.8, 4) is 22.6 Å². The molecule has 3 aromatic carbocycles. The van der Waals surface area contributed by atoms with Crippen LogP contribution in [-0.2, 0) is 25.8 Å². The molecule has 0 saturated heterocycles. The highest BCUT2D eigenvalue weighted by Crippen LogP contribution is 2.32. The van der Waals surface area contributed by atoms with E-state index in [0.29, 0.717) is 13.1 Å². The first kappa shape index (κ1) is 27.6. The molecule has 1 aromatic heterocycles. The molecule has 0 aliphatic carbocycles. The van der Waals surface area contributed by atoms with E-state index in [1.807, 2.05) is 36.4 Å². The first-order chi connectivity index (χ1) is 18.4. The SMILES string of the molecule is CCCCN(Cc1ccc(C(F)(F)F)cc1)Cc1c(-c2ccccc2)nc(-c2ccccc2)n1CCCC. The van der Waals surface area contributed by atoms with Crippen molar-refractivity contribution in [1.82, 2.24) is 14.5 Å². The van der Waals surface area contributed by atoms with Crippen LogP contribution < -0.4 is 0 Å². The molecule has 3 nitrogen and oxygen atoms in total. The molecule has 0 N–H and O–H groups in total. The Balaban J connectivity index is 1.75. The van der Waals surface area contributed by atoms with Gasteiger partial charge in [0.2, 0.25) is 0 Å². The average molecular weight is 520 g/mol. The van der Waals surface area contributed by atoms with Gasteiger partial charge in [-0.15, -0.1) is 0 Å². The molecule has 0 atom stereocenters. The van der Waals surface area contributed by atoms with E-state index in [2.05, 4.69) is 47.6 Å². The Morgan fingerprint density at radius 3 is 1.92 bits per heavy atom. The van der Waals surface area contributed by atoms with Crippen molar-refractivity contribution in [2.24, 2.45) is 0 Å². The topological polar surface area (TPSA) is 21.1 Å². The van der Waals surface area contributed by atoms with Crippen molar-refractivity contribution in [1.29, 1.82) is 0 Å². The number of aromatic nitrogens is 2. The van der Waals surface area contributed by atoms with E-state index in [0.717, 1.165) is 72.7 Å². The van der Waals surface area contributed by atoms with Crippen molar-refractivity contribution in [2.75, 3.05) is 6.54 Å². The van der Waals surface area contributed by atoms with Gasteiger partial charge >= 0.3 is 6.18 Å². The van der Waals surface area contributed by atoms with E-state index < -0.39 is 11.7 Å². The van der Waals surface area contributed by atoms with Gasteiger partial charge < -0.3 is 4.57 Å². The van der Waals surface area contributed by atoms with E-state index in [4.69, 9.17) is 4.98 Å². The van der Waals surface area contributed by atoms with Crippen LogP contribution >= 0.6 is 0 Å². The van der Waals surface area contributed by atoms with Crippen molar-refractivity contribution >= 4 is 0 Å². The average Bonchev–Trinajstić information content (AvgIpc) is 3.29. The largest absolute Gasteiger partial charge is 0.416 e. The fourth-order valence-corrected chi connectivity index (χ4v) is 4.70. The molecule has 0 fully saturated rings. The normalized spacial score (nSPS) is 11.8. The standard InChI is InChI=1S/C32H36F3N3/c1-3-5-21-37(23-25-17-19-28(20-18-25)32(33,34)35)24-29-30(26-13-9-7-10-14-26)36-31(38(29)22-6-4-2)27-15-11-8-12-16-27/h7-20H,3-6,21-24H2,1-2H3. The van der Waals surface area contributed by atoms with E-state index >= 15 is 0 Å². The Labute approximate surface area is 224 Å². The quantitative estimate of drug-likeness (QED) is 0.186. The smallest absolute Gasteiger partial charge is 0.326 e. The van der Waals surface area contributed by atoms with Crippen LogP contribution in [-0.4, -0.2) is 21.0 Å². The lowest BCUT2D eigenvalue weighted by Crippen LogP contribution is -2.26. The summed E-state index contributed by atoms with van der Waals surface area (Å²) in [5, 5.41) is 0. The number of benzene rings is 3. The molecule has 1 heterocycles. The van der Waals surface area contributed by atoms with Crippen LogP contribution in [0.15, 0.2) is 84.9 Å². The Morgan fingerprint density at radius 1 is 0.737 bits per heavy atom. The number of rotatable bonds is 12. The summed E-state index contributed by atoms with van der Waals surface area (Å²) in [5.41, 5.74) is 4.52. The van der Waals surface area contributed by atoms with Crippen LogP contribution in [0.5, 0.6) is 0 Å². The van der Waals surface area contributed by atoms with Crippen molar-refractivity contribution < 1.29 is 13.2 Å². The summed E-state index contributed by atoms with van der Waals surface area (Å²) < 4.78 is 41.7. The second-order valence-electron chi connectivity index (χ2n) is 9.73. The molecule has 38 heavy (non-hydrogen) atoms. The first-order valence-electron chi connectivity index (χ1n) is 13.5. The molecule has 0 aliphatic heterocycles. The third-order valence-corrected chi connectivity index (χ3v) is 6.78. The summed E-state index contributed by atoms with van der Waals surface area (Å²) in [4.78, 5) is 7.53. The Morgan fingerprint density at radius 2 is 1.34 bits per heavy atom. The zero-order chi connectivity index (χ0) is 27.0. The van der Waals surface area contributed by atoms with Gasteiger partial charge in [0.25, 0.3) is 0 Å². The second-order valence-corrected chi connectivity index (χ2v) is 9.73. The highest BCUT2D eigenvalue weighted by Gasteiger charge is 2.30. The monoisotopic (exact) mass is 519 g/mol. The molecule has 0 aliphatic rings. The summed E-state index contributed by atoms with van der Waals surface area (Å²) >= 11 is 0. The maximum absolute atomic E-state index is 13.1. The third kappa shape index (κ3) is 6.93. The summed E-state index contributed by atoms with van der Waals surface area (Å²) in [6.07, 6.45) is -0.178. The van der Waals surface area contributed by atoms with Crippen LogP contribution in [0, 0.1) is 0 Å². The van der Waals surface area contributed by atoms with Crippen LogP contribution in [0.4, 0.5) is 13.2 Å². The molecule has 200 valence electrons. The molecule has 0 saturated carbocycles.